The minimum atomic E-state index is 0.0389. The molecule has 86 valence electrons. The maximum Gasteiger partial charge on any atom is 0.316 e. The number of halogens is 1. The lowest BCUT2D eigenvalue weighted by molar-refractivity contribution is -0.0666. The van der Waals surface area contributed by atoms with Crippen molar-refractivity contribution in [2.45, 2.75) is 44.2 Å². The van der Waals surface area contributed by atoms with Crippen molar-refractivity contribution in [1.29, 1.82) is 0 Å². The molecule has 16 heavy (non-hydrogen) atoms. The highest BCUT2D eigenvalue weighted by Gasteiger charge is 2.53. The quantitative estimate of drug-likeness (QED) is 0.734. The number of hydrogen-bond acceptors (Lipinski definition) is 3. The summed E-state index contributed by atoms with van der Waals surface area (Å²) in [5, 5.41) is 4.32. The molecule has 0 saturated heterocycles. The minimum Gasteiger partial charge on any atom is -0.455 e. The van der Waals surface area contributed by atoms with Gasteiger partial charge in [0.1, 0.15) is 5.60 Å². The van der Waals surface area contributed by atoms with Crippen LogP contribution in [0.3, 0.4) is 0 Å². The summed E-state index contributed by atoms with van der Waals surface area (Å²) in [5.41, 5.74) is 0.0389. The summed E-state index contributed by atoms with van der Waals surface area (Å²) >= 11 is 3.29. The van der Waals surface area contributed by atoms with Crippen molar-refractivity contribution in [3.05, 3.63) is 4.73 Å². The first kappa shape index (κ1) is 9.45. The zero-order valence-electron chi connectivity index (χ0n) is 9.03. The summed E-state index contributed by atoms with van der Waals surface area (Å²) in [6.07, 6.45) is 6.66. The predicted octanol–water partition coefficient (Wildman–Crippen LogP) is 2.38. The van der Waals surface area contributed by atoms with Gasteiger partial charge in [-0.1, -0.05) is 0 Å². The van der Waals surface area contributed by atoms with E-state index in [1.807, 2.05) is 4.68 Å². The zero-order valence-corrected chi connectivity index (χ0v) is 10.6. The van der Waals surface area contributed by atoms with E-state index in [-0.39, 0.29) is 5.60 Å². The van der Waals surface area contributed by atoms with Gasteiger partial charge in [-0.05, 0) is 54.0 Å². The van der Waals surface area contributed by atoms with Crippen molar-refractivity contribution >= 4 is 15.9 Å². The van der Waals surface area contributed by atoms with Gasteiger partial charge in [0.25, 0.3) is 0 Å². The highest BCUT2D eigenvalue weighted by atomic mass is 79.9. The maximum atomic E-state index is 6.15. The van der Waals surface area contributed by atoms with Gasteiger partial charge in [0.15, 0.2) is 0 Å². The standard InChI is InChI=1S/C11H14BrN3O/c12-9-13-10-15(14-9)6-11(16-10)5-7-1-3-8(11)4-2-7/h7-8H,1-6H2. The van der Waals surface area contributed by atoms with Gasteiger partial charge in [-0.2, -0.15) is 4.98 Å². The Labute approximate surface area is 103 Å². The van der Waals surface area contributed by atoms with Crippen LogP contribution < -0.4 is 4.74 Å². The van der Waals surface area contributed by atoms with E-state index in [0.717, 1.165) is 18.4 Å². The summed E-state index contributed by atoms with van der Waals surface area (Å²) in [5.74, 6) is 1.60. The smallest absolute Gasteiger partial charge is 0.316 e. The highest BCUT2D eigenvalue weighted by Crippen LogP contribution is 2.52. The minimum absolute atomic E-state index is 0.0389. The number of aromatic nitrogens is 3. The topological polar surface area (TPSA) is 39.9 Å². The molecule has 1 atom stereocenters. The third kappa shape index (κ3) is 1.15. The maximum absolute atomic E-state index is 6.15. The van der Waals surface area contributed by atoms with Crippen molar-refractivity contribution in [3.63, 3.8) is 0 Å². The van der Waals surface area contributed by atoms with Gasteiger partial charge < -0.3 is 4.74 Å². The monoisotopic (exact) mass is 283 g/mol. The van der Waals surface area contributed by atoms with E-state index in [1.165, 1.54) is 32.1 Å². The lowest BCUT2D eigenvalue weighted by atomic mass is 9.62. The van der Waals surface area contributed by atoms with E-state index in [4.69, 9.17) is 4.74 Å². The Balaban J connectivity index is 1.69. The van der Waals surface area contributed by atoms with Crippen LogP contribution in [0.2, 0.25) is 0 Å². The molecule has 1 spiro atoms. The molecule has 3 aliphatic carbocycles. The molecule has 4 nitrogen and oxygen atoms in total. The van der Waals surface area contributed by atoms with Crippen LogP contribution in [0.15, 0.2) is 4.73 Å². The van der Waals surface area contributed by atoms with Crippen molar-refractivity contribution in [2.24, 2.45) is 11.8 Å². The highest BCUT2D eigenvalue weighted by molar-refractivity contribution is 9.10. The molecule has 1 aliphatic heterocycles. The number of rotatable bonds is 0. The van der Waals surface area contributed by atoms with Crippen LogP contribution in [0.5, 0.6) is 6.01 Å². The van der Waals surface area contributed by atoms with E-state index in [2.05, 4.69) is 26.0 Å². The number of ether oxygens (including phenoxy) is 1. The van der Waals surface area contributed by atoms with Crippen molar-refractivity contribution in [1.82, 2.24) is 14.8 Å². The Bertz CT molecular complexity index is 413. The second-order valence-corrected chi connectivity index (χ2v) is 6.12. The largest absolute Gasteiger partial charge is 0.455 e. The molecule has 0 radical (unpaired) electrons. The van der Waals surface area contributed by atoms with E-state index in [1.54, 1.807) is 0 Å². The molecule has 2 heterocycles. The molecular formula is C11H14BrN3O. The fourth-order valence-electron chi connectivity index (χ4n) is 3.81. The molecule has 0 N–H and O–H groups in total. The predicted molar refractivity (Wildman–Crippen MR) is 61.1 cm³/mol. The second kappa shape index (κ2) is 3.00. The van der Waals surface area contributed by atoms with E-state index in [0.29, 0.717) is 10.7 Å². The van der Waals surface area contributed by atoms with Crippen LogP contribution in [0.25, 0.3) is 0 Å². The van der Waals surface area contributed by atoms with Crippen LogP contribution in [0, 0.1) is 11.8 Å². The van der Waals surface area contributed by atoms with Gasteiger partial charge in [-0.3, -0.25) is 0 Å². The first-order chi connectivity index (χ1) is 7.75. The van der Waals surface area contributed by atoms with E-state index < -0.39 is 0 Å². The molecule has 4 aliphatic rings. The first-order valence-electron chi connectivity index (χ1n) is 6.04. The summed E-state index contributed by atoms with van der Waals surface area (Å²) in [4.78, 5) is 4.27. The summed E-state index contributed by atoms with van der Waals surface area (Å²) in [6, 6.07) is 0.708. The van der Waals surface area contributed by atoms with Crippen LogP contribution in [-0.4, -0.2) is 20.4 Å². The number of hydrogen-bond donors (Lipinski definition) is 0. The Morgan fingerprint density at radius 1 is 1.31 bits per heavy atom. The molecule has 1 unspecified atom stereocenters. The summed E-state index contributed by atoms with van der Waals surface area (Å²) in [6.45, 7) is 0.905. The average molecular weight is 284 g/mol. The van der Waals surface area contributed by atoms with Crippen molar-refractivity contribution < 1.29 is 4.74 Å². The molecule has 3 fully saturated rings. The molecule has 3 saturated carbocycles. The lowest BCUT2D eigenvalue weighted by Gasteiger charge is -2.48. The molecule has 1 aromatic rings. The van der Waals surface area contributed by atoms with Crippen LogP contribution in [-0.2, 0) is 6.54 Å². The molecule has 0 aromatic carbocycles. The van der Waals surface area contributed by atoms with Crippen LogP contribution >= 0.6 is 15.9 Å². The summed E-state index contributed by atoms with van der Waals surface area (Å²) in [7, 11) is 0. The van der Waals surface area contributed by atoms with E-state index >= 15 is 0 Å². The molecule has 5 rings (SSSR count). The van der Waals surface area contributed by atoms with Gasteiger partial charge in [-0.15, -0.1) is 5.10 Å². The van der Waals surface area contributed by atoms with Gasteiger partial charge in [0, 0.05) is 5.92 Å². The SMILES string of the molecule is Brc1nc2n(n1)CC1(CC3CCC1CC3)O2. The third-order valence-corrected chi connectivity index (χ3v) is 4.88. The molecule has 2 bridgehead atoms. The number of nitrogens with zero attached hydrogens (tertiary/aromatic N) is 3. The molecule has 1 aromatic heterocycles. The Morgan fingerprint density at radius 3 is 2.75 bits per heavy atom. The van der Waals surface area contributed by atoms with Crippen molar-refractivity contribution in [2.75, 3.05) is 0 Å². The Hall–Kier alpha value is -0.580. The van der Waals surface area contributed by atoms with Crippen LogP contribution in [0.1, 0.15) is 32.1 Å². The van der Waals surface area contributed by atoms with Crippen LogP contribution in [0.4, 0.5) is 0 Å². The third-order valence-electron chi connectivity index (χ3n) is 4.55. The average Bonchev–Trinajstić information content (AvgIpc) is 2.73. The van der Waals surface area contributed by atoms with Gasteiger partial charge in [-0.25, -0.2) is 4.68 Å². The Kier molecular flexibility index (Phi) is 1.77. The molecular weight excluding hydrogens is 270 g/mol. The second-order valence-electron chi connectivity index (χ2n) is 5.41. The van der Waals surface area contributed by atoms with Gasteiger partial charge in [0.05, 0.1) is 6.54 Å². The number of fused-ring (bicyclic) bond motifs is 3. The van der Waals surface area contributed by atoms with Gasteiger partial charge in [0.2, 0.25) is 4.73 Å². The lowest BCUT2D eigenvalue weighted by Crippen LogP contribution is -2.51. The van der Waals surface area contributed by atoms with Crippen molar-refractivity contribution in [3.8, 4) is 6.01 Å². The Morgan fingerprint density at radius 2 is 2.12 bits per heavy atom. The fourth-order valence-corrected chi connectivity index (χ4v) is 4.16. The fraction of sp³-hybridized carbons (Fsp3) is 0.818. The molecule has 5 heteroatoms. The molecule has 0 amide bonds. The zero-order chi connectivity index (χ0) is 10.8. The first-order valence-corrected chi connectivity index (χ1v) is 6.84. The normalized spacial score (nSPS) is 40.1. The van der Waals surface area contributed by atoms with Gasteiger partial charge >= 0.3 is 6.01 Å². The van der Waals surface area contributed by atoms with E-state index in [9.17, 15) is 0 Å². The summed E-state index contributed by atoms with van der Waals surface area (Å²) < 4.78 is 8.71.